The number of hydrogen-bond acceptors (Lipinski definition) is 4. The number of hydrogen-bond donors (Lipinski definition) is 3. The normalized spacial score (nSPS) is 14.5. The first-order valence-corrected chi connectivity index (χ1v) is 5.91. The molecule has 0 aromatic heterocycles. The summed E-state index contributed by atoms with van der Waals surface area (Å²) in [7, 11) is -3.90. The van der Waals surface area contributed by atoms with E-state index in [2.05, 4.69) is 0 Å². The predicted octanol–water partition coefficient (Wildman–Crippen LogP) is -1.44. The van der Waals surface area contributed by atoms with Crippen LogP contribution in [0.15, 0.2) is 0 Å². The Morgan fingerprint density at radius 1 is 1.40 bits per heavy atom. The van der Waals surface area contributed by atoms with Crippen LogP contribution >= 0.6 is 0 Å². The fraction of sp³-hybridized carbons (Fsp3) is 0.857. The molecule has 0 saturated carbocycles. The average Bonchev–Trinajstić information content (AvgIpc) is 2.00. The fourth-order valence-electron chi connectivity index (χ4n) is 0.987. The summed E-state index contributed by atoms with van der Waals surface area (Å²) in [5.41, 5.74) is 5.23. The maximum Gasteiger partial charge on any atom is 0.321 e. The van der Waals surface area contributed by atoms with Crippen LogP contribution in [0.4, 0.5) is 0 Å². The van der Waals surface area contributed by atoms with Gasteiger partial charge < -0.3 is 10.8 Å². The highest BCUT2D eigenvalue weighted by Gasteiger charge is 2.24. The number of nitrogens with two attached hydrogens (primary N) is 2. The monoisotopic (exact) mass is 239 g/mol. The van der Waals surface area contributed by atoms with Crippen molar-refractivity contribution in [2.24, 2.45) is 16.8 Å². The molecular weight excluding hydrogens is 222 g/mol. The summed E-state index contributed by atoms with van der Waals surface area (Å²) in [4.78, 5) is 10.5. The van der Waals surface area contributed by atoms with Crippen molar-refractivity contribution in [3.05, 3.63) is 0 Å². The molecule has 1 atom stereocenters. The fourth-order valence-corrected chi connectivity index (χ4v) is 1.86. The second-order valence-electron chi connectivity index (χ2n) is 3.70. The number of carbonyl (C=O) groups is 1. The molecule has 0 heterocycles. The number of aliphatic carboxylic acids is 1. The highest BCUT2D eigenvalue weighted by molar-refractivity contribution is 7.86. The van der Waals surface area contributed by atoms with Crippen molar-refractivity contribution in [2.75, 3.05) is 13.1 Å². The van der Waals surface area contributed by atoms with Gasteiger partial charge in [-0.1, -0.05) is 13.8 Å². The Morgan fingerprint density at radius 3 is 2.13 bits per heavy atom. The van der Waals surface area contributed by atoms with Gasteiger partial charge in [0.15, 0.2) is 0 Å². The molecule has 0 saturated heterocycles. The smallest absolute Gasteiger partial charge is 0.321 e. The van der Waals surface area contributed by atoms with Crippen LogP contribution in [0.3, 0.4) is 0 Å². The summed E-state index contributed by atoms with van der Waals surface area (Å²) in [5.74, 6) is -1.21. The summed E-state index contributed by atoms with van der Waals surface area (Å²) in [5, 5.41) is 13.5. The summed E-state index contributed by atoms with van der Waals surface area (Å²) in [6, 6.07) is -1.26. The van der Waals surface area contributed by atoms with Crippen LogP contribution in [-0.4, -0.2) is 42.9 Å². The number of carboxylic acid groups (broad SMARTS) is 1. The molecule has 0 spiro atoms. The van der Waals surface area contributed by atoms with Gasteiger partial charge in [-0.3, -0.25) is 4.79 Å². The van der Waals surface area contributed by atoms with E-state index in [0.717, 1.165) is 4.31 Å². The third-order valence-electron chi connectivity index (χ3n) is 1.65. The lowest BCUT2D eigenvalue weighted by atomic mass is 10.2. The number of carboxylic acids is 1. The van der Waals surface area contributed by atoms with Crippen molar-refractivity contribution in [2.45, 2.75) is 19.9 Å². The lowest BCUT2D eigenvalue weighted by Gasteiger charge is -2.22. The van der Waals surface area contributed by atoms with Crippen molar-refractivity contribution < 1.29 is 18.3 Å². The van der Waals surface area contributed by atoms with Gasteiger partial charge in [0, 0.05) is 13.1 Å². The van der Waals surface area contributed by atoms with Gasteiger partial charge in [-0.25, -0.2) is 5.14 Å². The molecule has 0 aliphatic carbocycles. The summed E-state index contributed by atoms with van der Waals surface area (Å²) < 4.78 is 23.0. The van der Waals surface area contributed by atoms with Crippen LogP contribution < -0.4 is 10.9 Å². The summed E-state index contributed by atoms with van der Waals surface area (Å²) in [6.07, 6.45) is 0. The summed E-state index contributed by atoms with van der Waals surface area (Å²) in [6.45, 7) is 3.43. The predicted molar refractivity (Wildman–Crippen MR) is 55.1 cm³/mol. The molecule has 0 radical (unpaired) electrons. The van der Waals surface area contributed by atoms with E-state index in [0.29, 0.717) is 0 Å². The Balaban J connectivity index is 4.60. The minimum absolute atomic E-state index is 0.0457. The Labute approximate surface area is 89.2 Å². The molecule has 0 fully saturated rings. The van der Waals surface area contributed by atoms with Gasteiger partial charge in [0.25, 0.3) is 10.2 Å². The van der Waals surface area contributed by atoms with Crippen molar-refractivity contribution >= 4 is 16.2 Å². The highest BCUT2D eigenvalue weighted by Crippen LogP contribution is 2.03. The Kier molecular flexibility index (Phi) is 5.15. The van der Waals surface area contributed by atoms with Crippen LogP contribution in [0.25, 0.3) is 0 Å². The van der Waals surface area contributed by atoms with Gasteiger partial charge in [-0.05, 0) is 5.92 Å². The highest BCUT2D eigenvalue weighted by atomic mass is 32.2. The maximum atomic E-state index is 11.1. The topological polar surface area (TPSA) is 127 Å². The van der Waals surface area contributed by atoms with Gasteiger partial charge in [0.05, 0.1) is 0 Å². The third kappa shape index (κ3) is 5.67. The van der Waals surface area contributed by atoms with E-state index in [1.54, 1.807) is 13.8 Å². The minimum atomic E-state index is -3.90. The number of nitrogens with zero attached hydrogens (tertiary/aromatic N) is 1. The van der Waals surface area contributed by atoms with Crippen molar-refractivity contribution in [1.29, 1.82) is 0 Å². The van der Waals surface area contributed by atoms with E-state index in [1.165, 1.54) is 0 Å². The van der Waals surface area contributed by atoms with Crippen LogP contribution in [0, 0.1) is 5.92 Å². The van der Waals surface area contributed by atoms with Gasteiger partial charge in [0.1, 0.15) is 6.04 Å². The molecule has 90 valence electrons. The van der Waals surface area contributed by atoms with Crippen LogP contribution in [0.2, 0.25) is 0 Å². The molecule has 0 aromatic carbocycles. The van der Waals surface area contributed by atoms with Gasteiger partial charge in [0.2, 0.25) is 0 Å². The molecule has 0 aliphatic heterocycles. The Hall–Kier alpha value is -0.700. The lowest BCUT2D eigenvalue weighted by Crippen LogP contribution is -2.48. The largest absolute Gasteiger partial charge is 0.480 e. The molecular formula is C7H17N3O4S. The van der Waals surface area contributed by atoms with Crippen molar-refractivity contribution in [3.8, 4) is 0 Å². The molecule has 0 rings (SSSR count). The quantitative estimate of drug-likeness (QED) is 0.523. The van der Waals surface area contributed by atoms with Crippen LogP contribution in [0.1, 0.15) is 13.8 Å². The Bertz CT molecular complexity index is 314. The Morgan fingerprint density at radius 2 is 1.87 bits per heavy atom. The second kappa shape index (κ2) is 5.40. The molecule has 7 nitrogen and oxygen atoms in total. The first-order valence-electron chi connectivity index (χ1n) is 4.41. The molecule has 5 N–H and O–H groups in total. The molecule has 0 amide bonds. The third-order valence-corrected chi connectivity index (χ3v) is 2.66. The average molecular weight is 239 g/mol. The molecule has 8 heteroatoms. The molecule has 0 aromatic rings. The van der Waals surface area contributed by atoms with Gasteiger partial charge in [-0.2, -0.15) is 12.7 Å². The zero-order valence-corrected chi connectivity index (χ0v) is 9.57. The van der Waals surface area contributed by atoms with Gasteiger partial charge >= 0.3 is 5.97 Å². The molecule has 1 unspecified atom stereocenters. The van der Waals surface area contributed by atoms with E-state index in [4.69, 9.17) is 16.0 Å². The van der Waals surface area contributed by atoms with Crippen molar-refractivity contribution in [3.63, 3.8) is 0 Å². The van der Waals surface area contributed by atoms with Gasteiger partial charge in [-0.15, -0.1) is 0 Å². The summed E-state index contributed by atoms with van der Waals surface area (Å²) >= 11 is 0. The zero-order valence-electron chi connectivity index (χ0n) is 8.75. The van der Waals surface area contributed by atoms with Crippen LogP contribution in [-0.2, 0) is 15.0 Å². The van der Waals surface area contributed by atoms with Crippen LogP contribution in [0.5, 0.6) is 0 Å². The van der Waals surface area contributed by atoms with E-state index >= 15 is 0 Å². The van der Waals surface area contributed by atoms with E-state index in [-0.39, 0.29) is 19.0 Å². The molecule has 0 aliphatic rings. The lowest BCUT2D eigenvalue weighted by molar-refractivity contribution is -0.138. The maximum absolute atomic E-state index is 11.1. The molecule has 0 bridgehead atoms. The van der Waals surface area contributed by atoms with E-state index in [1.807, 2.05) is 0 Å². The van der Waals surface area contributed by atoms with E-state index < -0.39 is 22.2 Å². The van der Waals surface area contributed by atoms with E-state index in [9.17, 15) is 13.2 Å². The second-order valence-corrected chi connectivity index (χ2v) is 5.25. The SMILES string of the molecule is CC(C)CN(CC(N)C(=O)O)S(N)(=O)=O. The standard InChI is InChI=1S/C7H17N3O4S/c1-5(2)3-10(15(9,13)14)4-6(8)7(11)12/h5-6H,3-4,8H2,1-2H3,(H,11,12)(H2,9,13,14). The first-order chi connectivity index (χ1) is 6.64. The minimum Gasteiger partial charge on any atom is -0.480 e. The first kappa shape index (κ1) is 14.3. The number of rotatable bonds is 6. The molecule has 15 heavy (non-hydrogen) atoms. The zero-order chi connectivity index (χ0) is 12.2. The van der Waals surface area contributed by atoms with Crippen molar-refractivity contribution in [1.82, 2.24) is 4.31 Å².